The number of nitrogens with one attached hydrogen (secondary N) is 1. The maximum absolute atomic E-state index is 12.6. The number of hydrogen-bond acceptors (Lipinski definition) is 4. The van der Waals surface area contributed by atoms with E-state index in [9.17, 15) is 13.2 Å². The van der Waals surface area contributed by atoms with Crippen molar-refractivity contribution in [1.82, 2.24) is 9.62 Å². The molecule has 2 atom stereocenters. The van der Waals surface area contributed by atoms with E-state index in [4.69, 9.17) is 4.74 Å². The second-order valence-corrected chi connectivity index (χ2v) is 8.18. The number of sulfonamides is 1. The monoisotopic (exact) mass is 338 g/mol. The van der Waals surface area contributed by atoms with Gasteiger partial charge in [0, 0.05) is 25.1 Å². The molecular formula is C16H22N2O4S. The minimum absolute atomic E-state index is 0.0685. The summed E-state index contributed by atoms with van der Waals surface area (Å²) < 4.78 is 30.4. The number of rotatable bonds is 3. The number of para-hydroxylation sites is 1. The Morgan fingerprint density at radius 3 is 2.87 bits per heavy atom. The largest absolute Gasteiger partial charge is 0.493 e. The van der Waals surface area contributed by atoms with Gasteiger partial charge in [0.15, 0.2) is 0 Å². The molecule has 0 aliphatic carbocycles. The third-order valence-corrected chi connectivity index (χ3v) is 5.77. The average Bonchev–Trinajstić information content (AvgIpc) is 2.54. The molecule has 6 nitrogen and oxygen atoms in total. The Kier molecular flexibility index (Phi) is 4.59. The van der Waals surface area contributed by atoms with Gasteiger partial charge in [0.05, 0.1) is 24.8 Å². The maximum Gasteiger partial charge on any atom is 0.224 e. The van der Waals surface area contributed by atoms with Gasteiger partial charge in [0.1, 0.15) is 5.75 Å². The van der Waals surface area contributed by atoms with Crippen LogP contribution in [0.3, 0.4) is 0 Å². The minimum Gasteiger partial charge on any atom is -0.493 e. The van der Waals surface area contributed by atoms with Gasteiger partial charge >= 0.3 is 0 Å². The SMILES string of the molecule is CS(=O)(=O)N1CCC[C@H](C(=O)N[C@H]2CCOc3ccccc32)C1. The molecule has 0 aromatic heterocycles. The first-order valence-electron chi connectivity index (χ1n) is 7.92. The average molecular weight is 338 g/mol. The van der Waals surface area contributed by atoms with E-state index >= 15 is 0 Å². The number of piperidine rings is 1. The van der Waals surface area contributed by atoms with Gasteiger partial charge in [0.2, 0.25) is 15.9 Å². The first kappa shape index (κ1) is 16.3. The molecule has 0 radical (unpaired) electrons. The van der Waals surface area contributed by atoms with E-state index in [2.05, 4.69) is 5.32 Å². The molecular weight excluding hydrogens is 316 g/mol. The summed E-state index contributed by atoms with van der Waals surface area (Å²) in [6, 6.07) is 7.64. The van der Waals surface area contributed by atoms with Crippen LogP contribution < -0.4 is 10.1 Å². The molecule has 0 unspecified atom stereocenters. The lowest BCUT2D eigenvalue weighted by Gasteiger charge is -2.32. The predicted molar refractivity (Wildman–Crippen MR) is 86.6 cm³/mol. The lowest BCUT2D eigenvalue weighted by Crippen LogP contribution is -2.46. The van der Waals surface area contributed by atoms with Crippen LogP contribution in [0.4, 0.5) is 0 Å². The molecule has 3 rings (SSSR count). The van der Waals surface area contributed by atoms with E-state index in [0.29, 0.717) is 13.2 Å². The molecule has 2 aliphatic heterocycles. The highest BCUT2D eigenvalue weighted by Gasteiger charge is 2.32. The lowest BCUT2D eigenvalue weighted by atomic mass is 9.96. The third kappa shape index (κ3) is 3.67. The highest BCUT2D eigenvalue weighted by Crippen LogP contribution is 2.32. The van der Waals surface area contributed by atoms with Gasteiger partial charge in [0.25, 0.3) is 0 Å². The van der Waals surface area contributed by atoms with Gasteiger partial charge in [-0.15, -0.1) is 0 Å². The number of nitrogens with zero attached hydrogens (tertiary/aromatic N) is 1. The van der Waals surface area contributed by atoms with Crippen LogP contribution in [-0.4, -0.2) is 44.6 Å². The van der Waals surface area contributed by atoms with Crippen molar-refractivity contribution in [3.63, 3.8) is 0 Å². The Hall–Kier alpha value is -1.60. The number of fused-ring (bicyclic) bond motifs is 1. The van der Waals surface area contributed by atoms with Crippen molar-refractivity contribution in [1.29, 1.82) is 0 Å². The zero-order chi connectivity index (χ0) is 16.4. The van der Waals surface area contributed by atoms with E-state index < -0.39 is 10.0 Å². The van der Waals surface area contributed by atoms with Gasteiger partial charge in [-0.25, -0.2) is 12.7 Å². The molecule has 126 valence electrons. The summed E-state index contributed by atoms with van der Waals surface area (Å²) in [5.74, 6) is 0.457. The van der Waals surface area contributed by atoms with Crippen molar-refractivity contribution in [2.24, 2.45) is 5.92 Å². The van der Waals surface area contributed by atoms with E-state index in [1.807, 2.05) is 24.3 Å². The molecule has 7 heteroatoms. The van der Waals surface area contributed by atoms with Crippen molar-refractivity contribution in [3.8, 4) is 5.75 Å². The summed E-state index contributed by atoms with van der Waals surface area (Å²) in [6.45, 7) is 1.35. The van der Waals surface area contributed by atoms with Gasteiger partial charge < -0.3 is 10.1 Å². The zero-order valence-electron chi connectivity index (χ0n) is 13.2. The molecule has 1 aromatic rings. The zero-order valence-corrected chi connectivity index (χ0v) is 14.0. The molecule has 1 saturated heterocycles. The molecule has 23 heavy (non-hydrogen) atoms. The Bertz CT molecular complexity index is 689. The summed E-state index contributed by atoms with van der Waals surface area (Å²) in [4.78, 5) is 12.6. The van der Waals surface area contributed by atoms with Crippen LogP contribution in [0.5, 0.6) is 5.75 Å². The summed E-state index contributed by atoms with van der Waals surface area (Å²) in [5.41, 5.74) is 0.989. The molecule has 1 amide bonds. The second-order valence-electron chi connectivity index (χ2n) is 6.20. The summed E-state index contributed by atoms with van der Waals surface area (Å²) in [7, 11) is -3.24. The number of carbonyl (C=O) groups excluding carboxylic acids is 1. The summed E-state index contributed by atoms with van der Waals surface area (Å²) in [5, 5.41) is 3.08. The van der Waals surface area contributed by atoms with Crippen LogP contribution in [0.25, 0.3) is 0 Å². The van der Waals surface area contributed by atoms with E-state index in [0.717, 1.165) is 30.6 Å². The number of benzene rings is 1. The highest BCUT2D eigenvalue weighted by atomic mass is 32.2. The fourth-order valence-corrected chi connectivity index (χ4v) is 4.15. The Morgan fingerprint density at radius 1 is 1.30 bits per heavy atom. The molecule has 0 bridgehead atoms. The first-order valence-corrected chi connectivity index (χ1v) is 9.77. The van der Waals surface area contributed by atoms with Crippen molar-refractivity contribution >= 4 is 15.9 Å². The molecule has 1 N–H and O–H groups in total. The van der Waals surface area contributed by atoms with Crippen molar-refractivity contribution in [3.05, 3.63) is 29.8 Å². The summed E-state index contributed by atoms with van der Waals surface area (Å²) >= 11 is 0. The van der Waals surface area contributed by atoms with Crippen LogP contribution in [0.2, 0.25) is 0 Å². The van der Waals surface area contributed by atoms with Crippen LogP contribution in [0.1, 0.15) is 30.9 Å². The normalized spacial score (nSPS) is 25.3. The van der Waals surface area contributed by atoms with Crippen LogP contribution >= 0.6 is 0 Å². The molecule has 0 saturated carbocycles. The fraction of sp³-hybridized carbons (Fsp3) is 0.562. The highest BCUT2D eigenvalue weighted by molar-refractivity contribution is 7.88. The van der Waals surface area contributed by atoms with E-state index in [-0.39, 0.29) is 24.4 Å². The standard InChI is InChI=1S/C16H22N2O4S/c1-23(20,21)18-9-4-5-12(11-18)16(19)17-14-8-10-22-15-7-3-2-6-13(14)15/h2-3,6-7,12,14H,4-5,8-11H2,1H3,(H,17,19)/t12-,14-/m0/s1. The van der Waals surface area contributed by atoms with Crippen molar-refractivity contribution in [2.75, 3.05) is 26.0 Å². The smallest absolute Gasteiger partial charge is 0.224 e. The number of hydrogen-bond donors (Lipinski definition) is 1. The molecule has 2 aliphatic rings. The van der Waals surface area contributed by atoms with Crippen molar-refractivity contribution < 1.29 is 17.9 Å². The maximum atomic E-state index is 12.6. The Morgan fingerprint density at radius 2 is 2.09 bits per heavy atom. The van der Waals surface area contributed by atoms with E-state index in [1.54, 1.807) is 0 Å². The topological polar surface area (TPSA) is 75.7 Å². The quantitative estimate of drug-likeness (QED) is 0.901. The third-order valence-electron chi connectivity index (χ3n) is 4.50. The summed E-state index contributed by atoms with van der Waals surface area (Å²) in [6.07, 6.45) is 3.37. The van der Waals surface area contributed by atoms with Gasteiger partial charge in [-0.05, 0) is 18.9 Å². The molecule has 1 aromatic carbocycles. The fourth-order valence-electron chi connectivity index (χ4n) is 3.24. The molecule has 1 fully saturated rings. The Labute approximate surface area is 136 Å². The predicted octanol–water partition coefficient (Wildman–Crippen LogP) is 1.30. The second kappa shape index (κ2) is 6.49. The number of carbonyl (C=O) groups is 1. The van der Waals surface area contributed by atoms with Crippen LogP contribution in [-0.2, 0) is 14.8 Å². The first-order chi connectivity index (χ1) is 10.9. The number of ether oxygens (including phenoxy) is 1. The Balaban J connectivity index is 1.68. The lowest BCUT2D eigenvalue weighted by molar-refractivity contribution is -0.127. The number of amides is 1. The van der Waals surface area contributed by atoms with Gasteiger partial charge in [-0.3, -0.25) is 4.79 Å². The van der Waals surface area contributed by atoms with Gasteiger partial charge in [-0.1, -0.05) is 18.2 Å². The van der Waals surface area contributed by atoms with Crippen molar-refractivity contribution in [2.45, 2.75) is 25.3 Å². The van der Waals surface area contributed by atoms with E-state index in [1.165, 1.54) is 10.6 Å². The van der Waals surface area contributed by atoms with Crippen LogP contribution in [0, 0.1) is 5.92 Å². The van der Waals surface area contributed by atoms with Crippen LogP contribution in [0.15, 0.2) is 24.3 Å². The molecule has 2 heterocycles. The van der Waals surface area contributed by atoms with Gasteiger partial charge in [-0.2, -0.15) is 0 Å². The minimum atomic E-state index is -3.24. The molecule has 0 spiro atoms.